The van der Waals surface area contributed by atoms with Crippen molar-refractivity contribution in [2.75, 3.05) is 45.2 Å². The number of methoxy groups -OCH3 is 1. The fourth-order valence-electron chi connectivity index (χ4n) is 2.13. The van der Waals surface area contributed by atoms with Crippen molar-refractivity contribution in [3.8, 4) is 5.75 Å². The third-order valence-corrected chi connectivity index (χ3v) is 3.20. The molecular weight excluding hydrogens is 230 g/mol. The third kappa shape index (κ3) is 2.67. The number of benzene rings is 1. The van der Waals surface area contributed by atoms with E-state index >= 15 is 0 Å². The zero-order valence-corrected chi connectivity index (χ0v) is 10.8. The Labute approximate surface area is 107 Å². The number of urea groups is 1. The van der Waals surface area contributed by atoms with Gasteiger partial charge >= 0.3 is 6.03 Å². The molecule has 5 heteroatoms. The van der Waals surface area contributed by atoms with E-state index in [0.29, 0.717) is 0 Å². The Morgan fingerprint density at radius 3 is 2.61 bits per heavy atom. The summed E-state index contributed by atoms with van der Waals surface area (Å²) in [5.74, 6) is 0.862. The van der Waals surface area contributed by atoms with E-state index in [1.165, 1.54) is 0 Å². The lowest BCUT2D eigenvalue weighted by molar-refractivity contribution is 0.196. The number of carbonyl (C=O) groups is 1. The van der Waals surface area contributed by atoms with Crippen molar-refractivity contribution in [2.24, 2.45) is 0 Å². The van der Waals surface area contributed by atoms with Gasteiger partial charge in [-0.1, -0.05) is 6.07 Å². The van der Waals surface area contributed by atoms with Crippen LogP contribution >= 0.6 is 0 Å². The summed E-state index contributed by atoms with van der Waals surface area (Å²) in [6, 6.07) is 8.01. The molecule has 1 aliphatic rings. The Morgan fingerprint density at radius 2 is 2.00 bits per heavy atom. The molecule has 0 unspecified atom stereocenters. The molecule has 1 fully saturated rings. The average Bonchev–Trinajstić information content (AvgIpc) is 2.46. The molecule has 2 rings (SSSR count). The predicted octanol–water partition coefficient (Wildman–Crippen LogP) is 1.16. The third-order valence-electron chi connectivity index (χ3n) is 3.20. The van der Waals surface area contributed by atoms with Crippen LogP contribution in [0.15, 0.2) is 24.3 Å². The largest absolute Gasteiger partial charge is 0.497 e. The number of hydrogen-bond donors (Lipinski definition) is 1. The zero-order valence-electron chi connectivity index (χ0n) is 10.8. The summed E-state index contributed by atoms with van der Waals surface area (Å²) in [5, 5.41) is 2.66. The van der Waals surface area contributed by atoms with Gasteiger partial charge in [-0.3, -0.25) is 0 Å². The molecule has 1 aromatic carbocycles. The minimum Gasteiger partial charge on any atom is -0.497 e. The SMILES string of the molecule is CNC(=O)N1CCN(c2cccc(OC)c2)CC1. The van der Waals surface area contributed by atoms with Gasteiger partial charge in [0.2, 0.25) is 0 Å². The number of carbonyl (C=O) groups excluding carboxylic acids is 1. The maximum Gasteiger partial charge on any atom is 0.317 e. The van der Waals surface area contributed by atoms with E-state index in [4.69, 9.17) is 4.74 Å². The van der Waals surface area contributed by atoms with Gasteiger partial charge in [0, 0.05) is 45.0 Å². The molecule has 1 heterocycles. The van der Waals surface area contributed by atoms with Gasteiger partial charge in [-0.15, -0.1) is 0 Å². The van der Waals surface area contributed by atoms with Gasteiger partial charge in [0.15, 0.2) is 0 Å². The molecule has 1 aromatic rings. The standard InChI is InChI=1S/C13H19N3O2/c1-14-13(17)16-8-6-15(7-9-16)11-4-3-5-12(10-11)18-2/h3-5,10H,6-9H2,1-2H3,(H,14,17). The van der Waals surface area contributed by atoms with E-state index in [1.807, 2.05) is 23.1 Å². The van der Waals surface area contributed by atoms with Crippen molar-refractivity contribution >= 4 is 11.7 Å². The zero-order chi connectivity index (χ0) is 13.0. The molecule has 1 saturated heterocycles. The summed E-state index contributed by atoms with van der Waals surface area (Å²) in [5.41, 5.74) is 1.14. The number of hydrogen-bond acceptors (Lipinski definition) is 3. The van der Waals surface area contributed by atoms with Crippen LogP contribution in [0.2, 0.25) is 0 Å². The van der Waals surface area contributed by atoms with E-state index in [0.717, 1.165) is 37.6 Å². The van der Waals surface area contributed by atoms with Crippen molar-refractivity contribution in [1.29, 1.82) is 0 Å². The highest BCUT2D eigenvalue weighted by Gasteiger charge is 2.20. The van der Waals surface area contributed by atoms with E-state index < -0.39 is 0 Å². The normalized spacial score (nSPS) is 15.4. The minimum atomic E-state index is 0.000271. The quantitative estimate of drug-likeness (QED) is 0.855. The van der Waals surface area contributed by atoms with Gasteiger partial charge in [0.05, 0.1) is 7.11 Å². The lowest BCUT2D eigenvalue weighted by atomic mass is 10.2. The summed E-state index contributed by atoms with van der Waals surface area (Å²) in [6.45, 7) is 3.19. The van der Waals surface area contributed by atoms with Gasteiger partial charge in [0.25, 0.3) is 0 Å². The smallest absolute Gasteiger partial charge is 0.317 e. The van der Waals surface area contributed by atoms with Crippen molar-refractivity contribution in [2.45, 2.75) is 0 Å². The maximum absolute atomic E-state index is 11.5. The molecule has 0 bridgehead atoms. The van der Waals surface area contributed by atoms with Gasteiger partial charge in [-0.25, -0.2) is 4.79 Å². The number of ether oxygens (including phenoxy) is 1. The van der Waals surface area contributed by atoms with Crippen LogP contribution < -0.4 is 15.0 Å². The molecule has 1 N–H and O–H groups in total. The second kappa shape index (κ2) is 5.62. The molecule has 0 atom stereocenters. The molecule has 5 nitrogen and oxygen atoms in total. The van der Waals surface area contributed by atoms with Crippen LogP contribution in [0.3, 0.4) is 0 Å². The first kappa shape index (κ1) is 12.5. The van der Waals surface area contributed by atoms with Crippen LogP contribution in [-0.4, -0.2) is 51.3 Å². The van der Waals surface area contributed by atoms with Gasteiger partial charge in [0.1, 0.15) is 5.75 Å². The Kier molecular flexibility index (Phi) is 3.92. The molecule has 2 amide bonds. The first-order chi connectivity index (χ1) is 8.74. The summed E-state index contributed by atoms with van der Waals surface area (Å²) >= 11 is 0. The highest BCUT2D eigenvalue weighted by Crippen LogP contribution is 2.21. The number of nitrogens with zero attached hydrogens (tertiary/aromatic N) is 2. The Bertz CT molecular complexity index is 414. The maximum atomic E-state index is 11.5. The number of anilines is 1. The highest BCUT2D eigenvalue weighted by atomic mass is 16.5. The Hall–Kier alpha value is -1.91. The summed E-state index contributed by atoms with van der Waals surface area (Å²) < 4.78 is 5.22. The number of piperazine rings is 1. The van der Waals surface area contributed by atoms with Crippen molar-refractivity contribution in [3.05, 3.63) is 24.3 Å². The fourth-order valence-corrected chi connectivity index (χ4v) is 2.13. The van der Waals surface area contributed by atoms with Gasteiger partial charge < -0.3 is 19.9 Å². The monoisotopic (exact) mass is 249 g/mol. The van der Waals surface area contributed by atoms with Crippen molar-refractivity contribution in [1.82, 2.24) is 10.2 Å². The molecule has 98 valence electrons. The lowest BCUT2D eigenvalue weighted by Crippen LogP contribution is -2.51. The first-order valence-corrected chi connectivity index (χ1v) is 6.10. The number of nitrogens with one attached hydrogen (secondary N) is 1. The van der Waals surface area contributed by atoms with E-state index in [1.54, 1.807) is 14.2 Å². The van der Waals surface area contributed by atoms with Crippen molar-refractivity contribution in [3.63, 3.8) is 0 Å². The van der Waals surface area contributed by atoms with E-state index in [9.17, 15) is 4.79 Å². The molecule has 0 radical (unpaired) electrons. The number of amides is 2. The summed E-state index contributed by atoms with van der Waals surface area (Å²) in [6.07, 6.45) is 0. The second-order valence-corrected chi connectivity index (χ2v) is 4.23. The van der Waals surface area contributed by atoms with Gasteiger partial charge in [-0.2, -0.15) is 0 Å². The fraction of sp³-hybridized carbons (Fsp3) is 0.462. The van der Waals surface area contributed by atoms with Gasteiger partial charge in [-0.05, 0) is 12.1 Å². The molecule has 0 aromatic heterocycles. The van der Waals surface area contributed by atoms with Crippen LogP contribution in [0.25, 0.3) is 0 Å². The summed E-state index contributed by atoms with van der Waals surface area (Å²) in [4.78, 5) is 15.6. The van der Waals surface area contributed by atoms with E-state index in [-0.39, 0.29) is 6.03 Å². The minimum absolute atomic E-state index is 0.000271. The molecule has 18 heavy (non-hydrogen) atoms. The Morgan fingerprint density at radius 1 is 1.28 bits per heavy atom. The Balaban J connectivity index is 1.98. The topological polar surface area (TPSA) is 44.8 Å². The van der Waals surface area contributed by atoms with Crippen LogP contribution in [0.5, 0.6) is 5.75 Å². The van der Waals surface area contributed by atoms with E-state index in [2.05, 4.69) is 16.3 Å². The molecular formula is C13H19N3O2. The van der Waals surface area contributed by atoms with Crippen LogP contribution in [0.1, 0.15) is 0 Å². The predicted molar refractivity (Wildman–Crippen MR) is 71.2 cm³/mol. The van der Waals surface area contributed by atoms with Crippen molar-refractivity contribution < 1.29 is 9.53 Å². The van der Waals surface area contributed by atoms with Crippen LogP contribution in [-0.2, 0) is 0 Å². The summed E-state index contributed by atoms with van der Waals surface area (Å²) in [7, 11) is 3.33. The lowest BCUT2D eigenvalue weighted by Gasteiger charge is -2.35. The molecule has 0 aliphatic carbocycles. The first-order valence-electron chi connectivity index (χ1n) is 6.10. The van der Waals surface area contributed by atoms with Crippen LogP contribution in [0, 0.1) is 0 Å². The molecule has 0 saturated carbocycles. The highest BCUT2D eigenvalue weighted by molar-refractivity contribution is 5.74. The average molecular weight is 249 g/mol. The molecule has 1 aliphatic heterocycles. The second-order valence-electron chi connectivity index (χ2n) is 4.23. The number of rotatable bonds is 2. The molecule has 0 spiro atoms. The van der Waals surface area contributed by atoms with Crippen LogP contribution in [0.4, 0.5) is 10.5 Å².